The van der Waals surface area contributed by atoms with Crippen LogP contribution in [-0.4, -0.2) is 45.3 Å². The van der Waals surface area contributed by atoms with Crippen LogP contribution in [0.2, 0.25) is 0 Å². The number of nitrogens with one attached hydrogen (secondary N) is 1. The van der Waals surface area contributed by atoms with Gasteiger partial charge in [-0.25, -0.2) is 0 Å². The molecule has 1 aliphatic heterocycles. The number of amides is 1. The Kier molecular flexibility index (Phi) is 3.58. The summed E-state index contributed by atoms with van der Waals surface area (Å²) in [5.74, 6) is -0.136. The Bertz CT molecular complexity index is 627. The van der Waals surface area contributed by atoms with Gasteiger partial charge in [-0.15, -0.1) is 0 Å². The van der Waals surface area contributed by atoms with Crippen molar-refractivity contribution in [3.05, 3.63) is 40.5 Å². The minimum Gasteiger partial charge on any atom is -0.391 e. The van der Waals surface area contributed by atoms with Crippen LogP contribution in [0.1, 0.15) is 16.9 Å². The summed E-state index contributed by atoms with van der Waals surface area (Å²) >= 11 is 3.45. The van der Waals surface area contributed by atoms with Crippen LogP contribution >= 0.6 is 15.9 Å². The normalized spacial score (nSPS) is 18.5. The Labute approximate surface area is 124 Å². The first kappa shape index (κ1) is 13.3. The van der Waals surface area contributed by atoms with E-state index in [4.69, 9.17) is 0 Å². The zero-order valence-corrected chi connectivity index (χ0v) is 12.3. The van der Waals surface area contributed by atoms with Gasteiger partial charge in [-0.1, -0.05) is 30.3 Å². The lowest BCUT2D eigenvalue weighted by molar-refractivity contribution is 0.0758. The maximum Gasteiger partial charge on any atom is 0.273 e. The highest BCUT2D eigenvalue weighted by Gasteiger charge is 2.28. The van der Waals surface area contributed by atoms with Crippen LogP contribution in [-0.2, 0) is 0 Å². The predicted molar refractivity (Wildman–Crippen MR) is 78.3 cm³/mol. The number of carbonyl (C=O) groups excluding carboxylic acids is 1. The molecule has 0 radical (unpaired) electrons. The van der Waals surface area contributed by atoms with E-state index < -0.39 is 6.10 Å². The number of H-pyrrole nitrogens is 1. The molecule has 5 nitrogen and oxygen atoms in total. The zero-order chi connectivity index (χ0) is 14.1. The lowest BCUT2D eigenvalue weighted by Gasteiger charge is -2.14. The van der Waals surface area contributed by atoms with E-state index >= 15 is 0 Å². The summed E-state index contributed by atoms with van der Waals surface area (Å²) in [6.45, 7) is 0.955. The van der Waals surface area contributed by atoms with Gasteiger partial charge < -0.3 is 10.0 Å². The summed E-state index contributed by atoms with van der Waals surface area (Å²) < 4.78 is 0.662. The highest BCUT2D eigenvalue weighted by atomic mass is 79.9. The second kappa shape index (κ2) is 5.38. The molecule has 1 fully saturated rings. The number of hydrogen-bond acceptors (Lipinski definition) is 3. The Hall–Kier alpha value is -1.66. The molecular weight excluding hydrogens is 322 g/mol. The predicted octanol–water partition coefficient (Wildman–Crippen LogP) is 2.05. The lowest BCUT2D eigenvalue weighted by Crippen LogP contribution is -2.30. The second-order valence-corrected chi connectivity index (χ2v) is 5.61. The van der Waals surface area contributed by atoms with Crippen molar-refractivity contribution in [2.45, 2.75) is 12.5 Å². The third-order valence-corrected chi connectivity index (χ3v) is 4.19. The van der Waals surface area contributed by atoms with Crippen LogP contribution in [0.5, 0.6) is 0 Å². The van der Waals surface area contributed by atoms with Crippen molar-refractivity contribution in [3.8, 4) is 11.3 Å². The van der Waals surface area contributed by atoms with Gasteiger partial charge in [-0.05, 0) is 22.4 Å². The molecule has 1 atom stereocenters. The molecule has 1 amide bonds. The maximum atomic E-state index is 12.4. The van der Waals surface area contributed by atoms with Gasteiger partial charge in [0.25, 0.3) is 5.91 Å². The summed E-state index contributed by atoms with van der Waals surface area (Å²) in [4.78, 5) is 14.0. The van der Waals surface area contributed by atoms with Gasteiger partial charge in [0.05, 0.1) is 10.6 Å². The molecule has 0 spiro atoms. The number of aromatic nitrogens is 2. The van der Waals surface area contributed by atoms with Crippen molar-refractivity contribution >= 4 is 21.8 Å². The molecule has 104 valence electrons. The summed E-state index contributed by atoms with van der Waals surface area (Å²) in [7, 11) is 0. The molecular formula is C14H14BrN3O2. The van der Waals surface area contributed by atoms with Gasteiger partial charge in [0.15, 0.2) is 0 Å². The molecule has 1 aromatic carbocycles. The van der Waals surface area contributed by atoms with Gasteiger partial charge in [-0.3, -0.25) is 9.89 Å². The Morgan fingerprint density at radius 3 is 2.80 bits per heavy atom. The molecule has 0 unspecified atom stereocenters. The largest absolute Gasteiger partial charge is 0.391 e. The fourth-order valence-electron chi connectivity index (χ4n) is 2.34. The maximum absolute atomic E-state index is 12.4. The Morgan fingerprint density at radius 1 is 1.40 bits per heavy atom. The molecule has 2 heterocycles. The number of rotatable bonds is 2. The number of nitrogens with zero attached hydrogens (tertiary/aromatic N) is 2. The number of aliphatic hydroxyl groups is 1. The average Bonchev–Trinajstić information content (AvgIpc) is 3.05. The quantitative estimate of drug-likeness (QED) is 0.882. The number of hydrogen-bond donors (Lipinski definition) is 2. The summed E-state index contributed by atoms with van der Waals surface area (Å²) in [5, 5.41) is 16.5. The summed E-state index contributed by atoms with van der Waals surface area (Å²) in [5.41, 5.74) is 2.09. The zero-order valence-electron chi connectivity index (χ0n) is 10.7. The topological polar surface area (TPSA) is 69.2 Å². The second-order valence-electron chi connectivity index (χ2n) is 4.82. The fraction of sp³-hybridized carbons (Fsp3) is 0.286. The SMILES string of the molecule is O=C(c1[nH]nc(-c2ccccc2)c1Br)N1CC[C@@H](O)C1. The molecule has 2 N–H and O–H groups in total. The van der Waals surface area contributed by atoms with Crippen molar-refractivity contribution in [2.75, 3.05) is 13.1 Å². The first-order valence-electron chi connectivity index (χ1n) is 6.43. The van der Waals surface area contributed by atoms with E-state index in [1.54, 1.807) is 4.90 Å². The molecule has 1 aliphatic rings. The van der Waals surface area contributed by atoms with Gasteiger partial charge in [0.2, 0.25) is 0 Å². The molecule has 1 aromatic heterocycles. The number of carbonyl (C=O) groups is 1. The van der Waals surface area contributed by atoms with Crippen molar-refractivity contribution < 1.29 is 9.90 Å². The number of likely N-dealkylation sites (tertiary alicyclic amines) is 1. The van der Waals surface area contributed by atoms with Crippen LogP contribution in [0, 0.1) is 0 Å². The standard InChI is InChI=1S/C14H14BrN3O2/c15-11-12(9-4-2-1-3-5-9)16-17-13(11)14(20)18-7-6-10(19)8-18/h1-5,10,19H,6-8H2,(H,16,17)/t10-/m1/s1. The third kappa shape index (κ3) is 2.36. The Morgan fingerprint density at radius 2 is 2.15 bits per heavy atom. The number of aromatic amines is 1. The summed E-state index contributed by atoms with van der Waals surface area (Å²) in [6.07, 6.45) is 0.206. The molecule has 0 saturated carbocycles. The van der Waals surface area contributed by atoms with E-state index in [1.807, 2.05) is 30.3 Å². The number of β-amino-alcohol motifs (C(OH)–C–C–N with tert-alkyl or cyclic N) is 1. The van der Waals surface area contributed by atoms with Gasteiger partial charge in [-0.2, -0.15) is 5.10 Å². The first-order valence-corrected chi connectivity index (χ1v) is 7.22. The van der Waals surface area contributed by atoms with Crippen LogP contribution in [0.4, 0.5) is 0 Å². The Balaban J connectivity index is 1.89. The molecule has 20 heavy (non-hydrogen) atoms. The molecule has 1 saturated heterocycles. The van der Waals surface area contributed by atoms with Gasteiger partial charge in [0, 0.05) is 18.7 Å². The number of aliphatic hydroxyl groups excluding tert-OH is 1. The van der Waals surface area contributed by atoms with E-state index in [-0.39, 0.29) is 5.91 Å². The molecule has 0 bridgehead atoms. The van der Waals surface area contributed by atoms with E-state index in [0.717, 1.165) is 5.56 Å². The van der Waals surface area contributed by atoms with Gasteiger partial charge in [0.1, 0.15) is 11.4 Å². The minimum atomic E-state index is -0.422. The van der Waals surface area contributed by atoms with Crippen molar-refractivity contribution in [1.82, 2.24) is 15.1 Å². The number of halogens is 1. The van der Waals surface area contributed by atoms with E-state index in [0.29, 0.717) is 35.4 Å². The molecule has 3 rings (SSSR count). The molecule has 2 aromatic rings. The van der Waals surface area contributed by atoms with Crippen molar-refractivity contribution in [1.29, 1.82) is 0 Å². The van der Waals surface area contributed by atoms with Crippen LogP contribution in [0.15, 0.2) is 34.8 Å². The monoisotopic (exact) mass is 335 g/mol. The smallest absolute Gasteiger partial charge is 0.273 e. The van der Waals surface area contributed by atoms with E-state index in [9.17, 15) is 9.90 Å². The lowest BCUT2D eigenvalue weighted by atomic mass is 10.1. The third-order valence-electron chi connectivity index (χ3n) is 3.42. The molecule has 0 aliphatic carbocycles. The van der Waals surface area contributed by atoms with Crippen LogP contribution < -0.4 is 0 Å². The highest BCUT2D eigenvalue weighted by Crippen LogP contribution is 2.29. The van der Waals surface area contributed by atoms with Gasteiger partial charge >= 0.3 is 0 Å². The fourth-order valence-corrected chi connectivity index (χ4v) is 2.92. The average molecular weight is 336 g/mol. The van der Waals surface area contributed by atoms with Crippen molar-refractivity contribution in [3.63, 3.8) is 0 Å². The highest BCUT2D eigenvalue weighted by molar-refractivity contribution is 9.10. The van der Waals surface area contributed by atoms with Crippen LogP contribution in [0.3, 0.4) is 0 Å². The number of benzene rings is 1. The molecule has 6 heteroatoms. The van der Waals surface area contributed by atoms with Crippen LogP contribution in [0.25, 0.3) is 11.3 Å². The van der Waals surface area contributed by atoms with E-state index in [2.05, 4.69) is 26.1 Å². The van der Waals surface area contributed by atoms with E-state index in [1.165, 1.54) is 0 Å². The summed E-state index contributed by atoms with van der Waals surface area (Å²) in [6, 6.07) is 9.66. The minimum absolute atomic E-state index is 0.136. The first-order chi connectivity index (χ1) is 9.66. The van der Waals surface area contributed by atoms with Crippen molar-refractivity contribution in [2.24, 2.45) is 0 Å².